The van der Waals surface area contributed by atoms with Crippen molar-refractivity contribution in [1.82, 2.24) is 0 Å². The number of benzene rings is 1. The number of hydrogen-bond acceptors (Lipinski definition) is 6. The van der Waals surface area contributed by atoms with E-state index >= 15 is 0 Å². The van der Waals surface area contributed by atoms with E-state index in [0.717, 1.165) is 36.1 Å². The van der Waals surface area contributed by atoms with Crippen molar-refractivity contribution in [2.45, 2.75) is 45.6 Å². The summed E-state index contributed by atoms with van der Waals surface area (Å²) >= 11 is 7.51. The van der Waals surface area contributed by atoms with E-state index in [2.05, 4.69) is 5.32 Å². The number of ether oxygens (including phenoxy) is 2. The van der Waals surface area contributed by atoms with Gasteiger partial charge >= 0.3 is 5.97 Å². The zero-order chi connectivity index (χ0) is 22.1. The maximum Gasteiger partial charge on any atom is 0.341 e. The molecule has 2 aromatic rings. The van der Waals surface area contributed by atoms with Crippen molar-refractivity contribution in [2.24, 2.45) is 0 Å². The fourth-order valence-electron chi connectivity index (χ4n) is 3.93. The summed E-state index contributed by atoms with van der Waals surface area (Å²) in [6.07, 6.45) is 3.02. The fourth-order valence-corrected chi connectivity index (χ4v) is 5.39. The summed E-state index contributed by atoms with van der Waals surface area (Å²) in [4.78, 5) is 40.7. The first-order valence-corrected chi connectivity index (χ1v) is 11.5. The Labute approximate surface area is 189 Å². The lowest BCUT2D eigenvalue weighted by Gasteiger charge is -2.32. The number of hydrogen-bond donors (Lipinski definition) is 1. The van der Waals surface area contributed by atoms with Crippen LogP contribution in [-0.4, -0.2) is 37.0 Å². The molecular formula is C22H23ClN2O5S. The number of fused-ring (bicyclic) bond motifs is 2. The number of thiophene rings is 1. The molecule has 1 aromatic heterocycles. The molecule has 1 aromatic carbocycles. The molecule has 4 rings (SSSR count). The molecule has 2 amide bonds. The Balaban J connectivity index is 1.60. The van der Waals surface area contributed by atoms with Crippen LogP contribution in [0, 0.1) is 0 Å². The molecule has 31 heavy (non-hydrogen) atoms. The quantitative estimate of drug-likeness (QED) is 0.673. The van der Waals surface area contributed by atoms with E-state index < -0.39 is 18.0 Å². The summed E-state index contributed by atoms with van der Waals surface area (Å²) in [6, 6.07) is 4.95. The van der Waals surface area contributed by atoms with Crippen LogP contribution < -0.4 is 15.0 Å². The van der Waals surface area contributed by atoms with Gasteiger partial charge in [-0.25, -0.2) is 4.79 Å². The molecule has 0 bridgehead atoms. The van der Waals surface area contributed by atoms with Gasteiger partial charge in [-0.1, -0.05) is 11.6 Å². The molecule has 1 aliphatic heterocycles. The van der Waals surface area contributed by atoms with E-state index in [0.29, 0.717) is 27.0 Å². The number of halogens is 1. The van der Waals surface area contributed by atoms with Crippen LogP contribution in [0.2, 0.25) is 5.02 Å². The van der Waals surface area contributed by atoms with Gasteiger partial charge in [0.05, 0.1) is 17.9 Å². The van der Waals surface area contributed by atoms with Crippen LogP contribution in [0.4, 0.5) is 10.7 Å². The van der Waals surface area contributed by atoms with Crippen molar-refractivity contribution in [2.75, 3.05) is 23.4 Å². The lowest BCUT2D eigenvalue weighted by Crippen LogP contribution is -2.47. The molecule has 2 aliphatic rings. The van der Waals surface area contributed by atoms with Gasteiger partial charge in [-0.2, -0.15) is 0 Å². The van der Waals surface area contributed by atoms with Crippen molar-refractivity contribution in [1.29, 1.82) is 0 Å². The second-order valence-corrected chi connectivity index (χ2v) is 9.02. The van der Waals surface area contributed by atoms with Gasteiger partial charge in [0.2, 0.25) is 5.91 Å². The van der Waals surface area contributed by atoms with Gasteiger partial charge in [0.25, 0.3) is 5.91 Å². The molecule has 0 saturated carbocycles. The number of rotatable bonds is 5. The predicted octanol–water partition coefficient (Wildman–Crippen LogP) is 4.21. The van der Waals surface area contributed by atoms with Crippen LogP contribution in [0.15, 0.2) is 18.2 Å². The molecule has 2 heterocycles. The largest absolute Gasteiger partial charge is 0.479 e. The van der Waals surface area contributed by atoms with Gasteiger partial charge in [0.15, 0.2) is 6.10 Å². The lowest BCUT2D eigenvalue weighted by molar-refractivity contribution is -0.127. The third-order valence-corrected chi connectivity index (χ3v) is 6.78. The minimum absolute atomic E-state index is 0.218. The molecule has 0 radical (unpaired) electrons. The topological polar surface area (TPSA) is 84.9 Å². The van der Waals surface area contributed by atoms with Crippen LogP contribution in [0.25, 0.3) is 0 Å². The zero-order valence-corrected chi connectivity index (χ0v) is 18.9. The summed E-state index contributed by atoms with van der Waals surface area (Å²) in [5.41, 5.74) is 1.86. The number of nitrogens with one attached hydrogen (secondary N) is 1. The molecule has 0 saturated heterocycles. The van der Waals surface area contributed by atoms with Crippen LogP contribution in [0.1, 0.15) is 47.5 Å². The Bertz CT molecular complexity index is 1050. The zero-order valence-electron chi connectivity index (χ0n) is 17.3. The SMILES string of the molecule is CCOC(=O)c1c(NC(=O)CN2C(=O)C(C)Oc3ccc(Cl)cc32)sc2c1CCCC2. The van der Waals surface area contributed by atoms with Crippen molar-refractivity contribution in [3.8, 4) is 5.75 Å². The maximum atomic E-state index is 12.9. The van der Waals surface area contributed by atoms with E-state index in [1.54, 1.807) is 32.0 Å². The summed E-state index contributed by atoms with van der Waals surface area (Å²) < 4.78 is 10.9. The standard InChI is InChI=1S/C22H23ClN2O5S/c1-3-29-22(28)19-14-6-4-5-7-17(14)31-20(19)24-18(26)11-25-15-10-13(23)8-9-16(15)30-12(2)21(25)27/h8-10,12H,3-7,11H2,1-2H3,(H,24,26). The smallest absolute Gasteiger partial charge is 0.341 e. The highest BCUT2D eigenvalue weighted by molar-refractivity contribution is 7.17. The Morgan fingerprint density at radius 2 is 2.10 bits per heavy atom. The highest BCUT2D eigenvalue weighted by atomic mass is 35.5. The van der Waals surface area contributed by atoms with Crippen molar-refractivity contribution in [3.05, 3.63) is 39.2 Å². The summed E-state index contributed by atoms with van der Waals surface area (Å²) in [5.74, 6) is -0.674. The third-order valence-electron chi connectivity index (χ3n) is 5.33. The van der Waals surface area contributed by atoms with Gasteiger partial charge < -0.3 is 14.8 Å². The number of carbonyl (C=O) groups is 3. The molecule has 164 valence electrons. The number of nitrogens with zero attached hydrogens (tertiary/aromatic N) is 1. The minimum atomic E-state index is -0.717. The first-order valence-electron chi connectivity index (χ1n) is 10.3. The van der Waals surface area contributed by atoms with Crippen molar-refractivity contribution in [3.63, 3.8) is 0 Å². The monoisotopic (exact) mass is 462 g/mol. The number of aryl methyl sites for hydroxylation is 1. The van der Waals surface area contributed by atoms with Gasteiger partial charge in [0, 0.05) is 9.90 Å². The average Bonchev–Trinajstić information content (AvgIpc) is 3.10. The van der Waals surface area contributed by atoms with Crippen molar-refractivity contribution >= 4 is 51.4 Å². The van der Waals surface area contributed by atoms with Crippen LogP contribution >= 0.6 is 22.9 Å². The van der Waals surface area contributed by atoms with Gasteiger partial charge in [-0.05, 0) is 63.3 Å². The Hall–Kier alpha value is -2.58. The first kappa shape index (κ1) is 21.6. The molecule has 0 spiro atoms. The lowest BCUT2D eigenvalue weighted by atomic mass is 9.95. The molecule has 1 unspecified atom stereocenters. The Morgan fingerprint density at radius 1 is 1.32 bits per heavy atom. The normalized spacial score (nSPS) is 17.5. The molecular weight excluding hydrogens is 440 g/mol. The molecule has 9 heteroatoms. The fraction of sp³-hybridized carbons (Fsp3) is 0.409. The van der Waals surface area contributed by atoms with E-state index in [9.17, 15) is 14.4 Å². The van der Waals surface area contributed by atoms with E-state index in [4.69, 9.17) is 21.1 Å². The second kappa shape index (κ2) is 8.88. The molecule has 1 atom stereocenters. The van der Waals surface area contributed by atoms with E-state index in [1.165, 1.54) is 16.2 Å². The second-order valence-electron chi connectivity index (χ2n) is 7.48. The molecule has 1 aliphatic carbocycles. The van der Waals surface area contributed by atoms with Crippen molar-refractivity contribution < 1.29 is 23.9 Å². The van der Waals surface area contributed by atoms with Gasteiger partial charge in [-0.15, -0.1) is 11.3 Å². The van der Waals surface area contributed by atoms with E-state index in [-0.39, 0.29) is 19.1 Å². The summed E-state index contributed by atoms with van der Waals surface area (Å²) in [6.45, 7) is 3.43. The van der Waals surface area contributed by atoms with E-state index in [1.807, 2.05) is 0 Å². The highest BCUT2D eigenvalue weighted by Gasteiger charge is 2.34. The first-order chi connectivity index (χ1) is 14.9. The average molecular weight is 463 g/mol. The molecule has 7 nitrogen and oxygen atoms in total. The third kappa shape index (κ3) is 4.27. The van der Waals surface area contributed by atoms with Crippen LogP contribution in [-0.2, 0) is 27.2 Å². The number of anilines is 2. The predicted molar refractivity (Wildman–Crippen MR) is 119 cm³/mol. The van der Waals surface area contributed by atoms with Gasteiger partial charge in [-0.3, -0.25) is 14.5 Å². The number of carbonyl (C=O) groups excluding carboxylic acids is 3. The maximum absolute atomic E-state index is 12.9. The van der Waals surface area contributed by atoms with Gasteiger partial charge in [0.1, 0.15) is 17.3 Å². The van der Waals surface area contributed by atoms with Crippen LogP contribution in [0.5, 0.6) is 5.75 Å². The number of amides is 2. The Morgan fingerprint density at radius 3 is 2.87 bits per heavy atom. The Kier molecular flexibility index (Phi) is 6.20. The van der Waals surface area contributed by atoms with Crippen LogP contribution in [0.3, 0.4) is 0 Å². The summed E-state index contributed by atoms with van der Waals surface area (Å²) in [7, 11) is 0. The molecule has 0 fully saturated rings. The summed E-state index contributed by atoms with van der Waals surface area (Å²) in [5, 5.41) is 3.76. The molecule has 1 N–H and O–H groups in total. The highest BCUT2D eigenvalue weighted by Crippen LogP contribution is 2.39. The number of esters is 1. The minimum Gasteiger partial charge on any atom is -0.479 e.